The molecule has 1 aromatic heterocycles. The fourth-order valence-corrected chi connectivity index (χ4v) is 1.99. The van der Waals surface area contributed by atoms with Gasteiger partial charge in [0.1, 0.15) is 5.75 Å². The smallest absolute Gasteiger partial charge is 0.262 e. The van der Waals surface area contributed by atoms with Gasteiger partial charge < -0.3 is 14.6 Å². The van der Waals surface area contributed by atoms with Crippen LogP contribution in [0.3, 0.4) is 0 Å². The Balaban J connectivity index is 1.55. The van der Waals surface area contributed by atoms with Gasteiger partial charge in [-0.3, -0.25) is 4.79 Å². The number of anilines is 1. The molecule has 110 valence electrons. The van der Waals surface area contributed by atoms with Gasteiger partial charge in [0.05, 0.1) is 6.33 Å². The van der Waals surface area contributed by atoms with Gasteiger partial charge in [-0.15, -0.1) is 0 Å². The summed E-state index contributed by atoms with van der Waals surface area (Å²) < 4.78 is 7.29. The van der Waals surface area contributed by atoms with E-state index in [0.717, 1.165) is 11.4 Å². The number of nitrogens with one attached hydrogen (secondary N) is 1. The number of imidazole rings is 1. The summed E-state index contributed by atoms with van der Waals surface area (Å²) in [6.07, 6.45) is 5.30. The lowest BCUT2D eigenvalue weighted by Crippen LogP contribution is -2.20. The minimum atomic E-state index is -0.195. The molecule has 3 aromatic rings. The minimum Gasteiger partial charge on any atom is -0.484 e. The maximum atomic E-state index is 11.8. The number of rotatable bonds is 5. The van der Waals surface area contributed by atoms with Crippen LogP contribution < -0.4 is 10.1 Å². The first-order chi connectivity index (χ1) is 10.8. The largest absolute Gasteiger partial charge is 0.484 e. The number of nitrogens with zero attached hydrogens (tertiary/aromatic N) is 2. The second kappa shape index (κ2) is 6.58. The lowest BCUT2D eigenvalue weighted by molar-refractivity contribution is -0.118. The summed E-state index contributed by atoms with van der Waals surface area (Å²) >= 11 is 0. The number of para-hydroxylation sites is 1. The minimum absolute atomic E-state index is 0.0206. The van der Waals surface area contributed by atoms with E-state index in [9.17, 15) is 4.79 Å². The monoisotopic (exact) mass is 293 g/mol. The molecule has 0 atom stereocenters. The second-order valence-electron chi connectivity index (χ2n) is 4.67. The van der Waals surface area contributed by atoms with Crippen LogP contribution in [0.1, 0.15) is 0 Å². The fourth-order valence-electron chi connectivity index (χ4n) is 1.99. The van der Waals surface area contributed by atoms with Crippen molar-refractivity contribution in [1.82, 2.24) is 9.55 Å². The first kappa shape index (κ1) is 13.9. The molecule has 0 radical (unpaired) electrons. The molecule has 1 heterocycles. The molecule has 5 heteroatoms. The average Bonchev–Trinajstić information content (AvgIpc) is 3.09. The predicted molar refractivity (Wildman–Crippen MR) is 84.1 cm³/mol. The first-order valence-corrected chi connectivity index (χ1v) is 6.87. The van der Waals surface area contributed by atoms with E-state index in [1.807, 2.05) is 65.4 Å². The highest BCUT2D eigenvalue weighted by molar-refractivity contribution is 5.91. The lowest BCUT2D eigenvalue weighted by atomic mass is 10.2. The van der Waals surface area contributed by atoms with Gasteiger partial charge in [0.2, 0.25) is 0 Å². The van der Waals surface area contributed by atoms with Crippen LogP contribution in [0.25, 0.3) is 5.69 Å². The topological polar surface area (TPSA) is 56.1 Å². The van der Waals surface area contributed by atoms with E-state index in [-0.39, 0.29) is 12.5 Å². The molecular weight excluding hydrogens is 278 g/mol. The Hall–Kier alpha value is -3.08. The predicted octanol–water partition coefficient (Wildman–Crippen LogP) is 2.89. The SMILES string of the molecule is O=C(COc1ccccc1)Nc1ccc(-n2ccnc2)cc1. The van der Waals surface area contributed by atoms with Crippen LogP contribution >= 0.6 is 0 Å². The Labute approximate surface area is 128 Å². The van der Waals surface area contributed by atoms with Gasteiger partial charge in [0.15, 0.2) is 6.61 Å². The van der Waals surface area contributed by atoms with Crippen molar-refractivity contribution in [3.05, 3.63) is 73.3 Å². The van der Waals surface area contributed by atoms with Crippen molar-refractivity contribution in [3.8, 4) is 11.4 Å². The van der Waals surface area contributed by atoms with E-state index < -0.39 is 0 Å². The normalized spacial score (nSPS) is 10.2. The highest BCUT2D eigenvalue weighted by atomic mass is 16.5. The zero-order valence-corrected chi connectivity index (χ0v) is 11.8. The number of amides is 1. The molecule has 0 saturated carbocycles. The molecule has 0 saturated heterocycles. The summed E-state index contributed by atoms with van der Waals surface area (Å²) in [7, 11) is 0. The van der Waals surface area contributed by atoms with Crippen molar-refractivity contribution in [2.45, 2.75) is 0 Å². The third-order valence-electron chi connectivity index (χ3n) is 3.07. The van der Waals surface area contributed by atoms with Gasteiger partial charge in [0.25, 0.3) is 5.91 Å². The molecule has 0 aliphatic carbocycles. The summed E-state index contributed by atoms with van der Waals surface area (Å²) in [5.41, 5.74) is 1.71. The van der Waals surface area contributed by atoms with E-state index in [4.69, 9.17) is 4.74 Å². The summed E-state index contributed by atoms with van der Waals surface area (Å²) in [6.45, 7) is -0.0206. The number of carbonyl (C=O) groups excluding carboxylic acids is 1. The number of ether oxygens (including phenoxy) is 1. The summed E-state index contributed by atoms with van der Waals surface area (Å²) in [6, 6.07) is 16.8. The Bertz CT molecular complexity index is 722. The highest BCUT2D eigenvalue weighted by Gasteiger charge is 2.04. The maximum Gasteiger partial charge on any atom is 0.262 e. The average molecular weight is 293 g/mol. The number of hydrogen-bond donors (Lipinski definition) is 1. The van der Waals surface area contributed by atoms with Crippen molar-refractivity contribution >= 4 is 11.6 Å². The van der Waals surface area contributed by atoms with Gasteiger partial charge >= 0.3 is 0 Å². The number of benzene rings is 2. The lowest BCUT2D eigenvalue weighted by Gasteiger charge is -2.08. The zero-order valence-electron chi connectivity index (χ0n) is 11.8. The van der Waals surface area contributed by atoms with Crippen LogP contribution in [-0.4, -0.2) is 22.1 Å². The van der Waals surface area contributed by atoms with Crippen molar-refractivity contribution < 1.29 is 9.53 Å². The van der Waals surface area contributed by atoms with Crippen LogP contribution in [0.15, 0.2) is 73.3 Å². The quantitative estimate of drug-likeness (QED) is 0.787. The third kappa shape index (κ3) is 3.52. The van der Waals surface area contributed by atoms with Crippen LogP contribution in [0.5, 0.6) is 5.75 Å². The Morgan fingerprint density at radius 2 is 1.86 bits per heavy atom. The molecule has 0 aliphatic heterocycles. The van der Waals surface area contributed by atoms with Gasteiger partial charge in [-0.2, -0.15) is 0 Å². The van der Waals surface area contributed by atoms with Crippen LogP contribution in [-0.2, 0) is 4.79 Å². The summed E-state index contributed by atoms with van der Waals surface area (Å²) in [5, 5.41) is 2.80. The molecule has 3 rings (SSSR count). The van der Waals surface area contributed by atoms with E-state index in [1.165, 1.54) is 0 Å². The van der Waals surface area contributed by atoms with Crippen LogP contribution in [0.4, 0.5) is 5.69 Å². The van der Waals surface area contributed by atoms with Crippen LogP contribution in [0.2, 0.25) is 0 Å². The third-order valence-corrected chi connectivity index (χ3v) is 3.07. The molecule has 0 aliphatic rings. The van der Waals surface area contributed by atoms with Crippen molar-refractivity contribution in [3.63, 3.8) is 0 Å². The van der Waals surface area contributed by atoms with Gasteiger partial charge in [0, 0.05) is 23.8 Å². The van der Waals surface area contributed by atoms with E-state index in [0.29, 0.717) is 5.75 Å². The van der Waals surface area contributed by atoms with Crippen molar-refractivity contribution in [2.75, 3.05) is 11.9 Å². The zero-order chi connectivity index (χ0) is 15.2. The fraction of sp³-hybridized carbons (Fsp3) is 0.0588. The van der Waals surface area contributed by atoms with Gasteiger partial charge in [-0.1, -0.05) is 18.2 Å². The molecule has 5 nitrogen and oxygen atoms in total. The van der Waals surface area contributed by atoms with E-state index in [2.05, 4.69) is 10.3 Å². The Kier molecular flexibility index (Phi) is 4.15. The first-order valence-electron chi connectivity index (χ1n) is 6.87. The molecule has 0 unspecified atom stereocenters. The maximum absolute atomic E-state index is 11.8. The molecule has 0 fully saturated rings. The Morgan fingerprint density at radius 3 is 2.55 bits per heavy atom. The summed E-state index contributed by atoms with van der Waals surface area (Å²) in [4.78, 5) is 15.8. The second-order valence-corrected chi connectivity index (χ2v) is 4.67. The molecule has 1 N–H and O–H groups in total. The Morgan fingerprint density at radius 1 is 1.09 bits per heavy atom. The molecular formula is C17H15N3O2. The van der Waals surface area contributed by atoms with E-state index >= 15 is 0 Å². The molecule has 22 heavy (non-hydrogen) atoms. The number of hydrogen-bond acceptors (Lipinski definition) is 3. The molecule has 1 amide bonds. The van der Waals surface area contributed by atoms with Crippen molar-refractivity contribution in [2.24, 2.45) is 0 Å². The highest BCUT2D eigenvalue weighted by Crippen LogP contribution is 2.13. The van der Waals surface area contributed by atoms with Crippen LogP contribution in [0, 0.1) is 0 Å². The number of aromatic nitrogens is 2. The molecule has 0 spiro atoms. The molecule has 0 bridgehead atoms. The summed E-state index contributed by atoms with van der Waals surface area (Å²) in [5.74, 6) is 0.479. The van der Waals surface area contributed by atoms with E-state index in [1.54, 1.807) is 12.5 Å². The standard InChI is InChI=1S/C17H15N3O2/c21-17(12-22-16-4-2-1-3-5-16)19-14-6-8-15(9-7-14)20-11-10-18-13-20/h1-11,13H,12H2,(H,19,21). The number of carbonyl (C=O) groups is 1. The molecule has 2 aromatic carbocycles. The van der Waals surface area contributed by atoms with Gasteiger partial charge in [-0.25, -0.2) is 4.98 Å². The van der Waals surface area contributed by atoms with Crippen molar-refractivity contribution in [1.29, 1.82) is 0 Å². The van der Waals surface area contributed by atoms with Gasteiger partial charge in [-0.05, 0) is 36.4 Å².